The molecular formula is C35H62N2O6. The average Bonchev–Trinajstić information content (AvgIpc) is 2.96. The molecule has 0 bridgehead atoms. The van der Waals surface area contributed by atoms with E-state index in [2.05, 4.69) is 24.4 Å². The first-order valence-corrected chi connectivity index (χ1v) is 17.3. The van der Waals surface area contributed by atoms with Gasteiger partial charge in [-0.05, 0) is 46.0 Å². The summed E-state index contributed by atoms with van der Waals surface area (Å²) < 4.78 is 17.1. The summed E-state index contributed by atoms with van der Waals surface area (Å²) in [6, 6.07) is 0. The van der Waals surface area contributed by atoms with E-state index in [1.54, 1.807) is 13.8 Å². The van der Waals surface area contributed by atoms with Crippen LogP contribution in [0.25, 0.3) is 0 Å². The van der Waals surface area contributed by atoms with Gasteiger partial charge in [-0.25, -0.2) is 0 Å². The molecule has 8 heteroatoms. The summed E-state index contributed by atoms with van der Waals surface area (Å²) in [6.45, 7) is 11.6. The van der Waals surface area contributed by atoms with Crippen molar-refractivity contribution in [1.29, 1.82) is 0 Å². The maximum absolute atomic E-state index is 12.7. The zero-order valence-electron chi connectivity index (χ0n) is 28.1. The number of hydrogen-bond donors (Lipinski definition) is 1. The van der Waals surface area contributed by atoms with Gasteiger partial charge >= 0.3 is 5.97 Å². The number of unbranched alkanes of at least 4 members (excludes halogenated alkanes) is 11. The van der Waals surface area contributed by atoms with Crippen molar-refractivity contribution in [2.45, 2.75) is 162 Å². The lowest BCUT2D eigenvalue weighted by molar-refractivity contribution is -0.304. The zero-order valence-corrected chi connectivity index (χ0v) is 28.1. The summed E-state index contributed by atoms with van der Waals surface area (Å²) in [6.07, 6.45) is 22.2. The van der Waals surface area contributed by atoms with Gasteiger partial charge in [0.2, 0.25) is 11.8 Å². The molecule has 8 nitrogen and oxygen atoms in total. The van der Waals surface area contributed by atoms with Crippen LogP contribution in [-0.4, -0.2) is 66.9 Å². The first-order valence-electron chi connectivity index (χ1n) is 17.3. The van der Waals surface area contributed by atoms with Crippen molar-refractivity contribution in [3.8, 4) is 0 Å². The van der Waals surface area contributed by atoms with Crippen LogP contribution in [-0.2, 0) is 28.6 Å². The van der Waals surface area contributed by atoms with Gasteiger partial charge in [-0.3, -0.25) is 14.4 Å². The lowest BCUT2D eigenvalue weighted by Gasteiger charge is -2.44. The first kappa shape index (κ1) is 37.3. The number of nitrogens with one attached hydrogen (secondary N) is 1. The minimum atomic E-state index is -0.823. The van der Waals surface area contributed by atoms with Gasteiger partial charge in [0.05, 0.1) is 13.0 Å². The fourth-order valence-electron chi connectivity index (χ4n) is 5.67. The van der Waals surface area contributed by atoms with E-state index in [1.165, 1.54) is 70.6 Å². The molecule has 2 amide bonds. The van der Waals surface area contributed by atoms with Crippen LogP contribution in [0, 0.1) is 5.41 Å². The number of likely N-dealkylation sites (tertiary alicyclic amines) is 1. The standard InChI is InChI=1S/C35H62N2O6/c1-6-7-8-9-10-11-12-13-14-15-16-17-18-19-20-21-30(38)37-26-23-29(24-27-37)42-31(39)22-25-36-33(40)32-34(2,3)28-41-35(4,5)43-32/h13-14,29,32H,6-12,15-28H2,1-5H3,(H,36,40). The van der Waals surface area contributed by atoms with Gasteiger partial charge in [0.1, 0.15) is 12.2 Å². The monoisotopic (exact) mass is 606 g/mol. The van der Waals surface area contributed by atoms with E-state index in [9.17, 15) is 14.4 Å². The smallest absolute Gasteiger partial charge is 0.307 e. The van der Waals surface area contributed by atoms with Gasteiger partial charge in [0.25, 0.3) is 0 Å². The van der Waals surface area contributed by atoms with Crippen LogP contribution in [0.4, 0.5) is 0 Å². The van der Waals surface area contributed by atoms with Crippen LogP contribution in [0.5, 0.6) is 0 Å². The Morgan fingerprint density at radius 1 is 0.837 bits per heavy atom. The highest BCUT2D eigenvalue weighted by molar-refractivity contribution is 5.82. The number of rotatable bonds is 20. The van der Waals surface area contributed by atoms with Gasteiger partial charge in [-0.15, -0.1) is 0 Å². The fourth-order valence-corrected chi connectivity index (χ4v) is 5.67. The number of ether oxygens (including phenoxy) is 3. The summed E-state index contributed by atoms with van der Waals surface area (Å²) in [5, 5.41) is 2.81. The minimum absolute atomic E-state index is 0.105. The Morgan fingerprint density at radius 2 is 1.42 bits per heavy atom. The number of carbonyl (C=O) groups is 3. The summed E-state index contributed by atoms with van der Waals surface area (Å²) in [5.74, 6) is -1.18. The molecule has 2 aliphatic heterocycles. The zero-order chi connectivity index (χ0) is 31.6. The number of hydrogen-bond acceptors (Lipinski definition) is 6. The minimum Gasteiger partial charge on any atom is -0.462 e. The van der Waals surface area contributed by atoms with Gasteiger partial charge < -0.3 is 24.4 Å². The highest BCUT2D eigenvalue weighted by Gasteiger charge is 2.45. The van der Waals surface area contributed by atoms with E-state index in [0.717, 1.165) is 12.8 Å². The van der Waals surface area contributed by atoms with E-state index in [1.807, 2.05) is 18.7 Å². The lowest BCUT2D eigenvalue weighted by Crippen LogP contribution is -2.56. The second-order valence-corrected chi connectivity index (χ2v) is 13.6. The van der Waals surface area contributed by atoms with Crippen molar-refractivity contribution in [3.05, 3.63) is 12.2 Å². The molecule has 2 rings (SSSR count). The molecule has 0 aliphatic carbocycles. The van der Waals surface area contributed by atoms with E-state index < -0.39 is 17.3 Å². The van der Waals surface area contributed by atoms with Gasteiger partial charge in [-0.2, -0.15) is 0 Å². The number of carbonyl (C=O) groups excluding carboxylic acids is 3. The Hall–Kier alpha value is -1.93. The Kier molecular flexibility index (Phi) is 17.5. The Labute approximate surface area is 262 Å². The topological polar surface area (TPSA) is 94.2 Å². The van der Waals surface area contributed by atoms with Crippen LogP contribution in [0.2, 0.25) is 0 Å². The number of allylic oxidation sites excluding steroid dienone is 2. The molecule has 2 saturated heterocycles. The number of piperidine rings is 1. The van der Waals surface area contributed by atoms with Crippen LogP contribution in [0.3, 0.4) is 0 Å². The quantitative estimate of drug-likeness (QED) is 0.0892. The summed E-state index contributed by atoms with van der Waals surface area (Å²) >= 11 is 0. The second kappa shape index (κ2) is 20.2. The summed E-state index contributed by atoms with van der Waals surface area (Å²) in [5.41, 5.74) is -0.463. The van der Waals surface area contributed by atoms with Crippen LogP contribution >= 0.6 is 0 Å². The molecule has 0 spiro atoms. The lowest BCUT2D eigenvalue weighted by atomic mass is 9.85. The van der Waals surface area contributed by atoms with Crippen molar-refractivity contribution in [3.63, 3.8) is 0 Å². The summed E-state index contributed by atoms with van der Waals surface area (Å²) in [7, 11) is 0. The van der Waals surface area contributed by atoms with E-state index in [4.69, 9.17) is 14.2 Å². The van der Waals surface area contributed by atoms with Gasteiger partial charge in [0, 0.05) is 44.3 Å². The van der Waals surface area contributed by atoms with Crippen molar-refractivity contribution in [1.82, 2.24) is 10.2 Å². The highest BCUT2D eigenvalue weighted by Crippen LogP contribution is 2.34. The van der Waals surface area contributed by atoms with Crippen molar-refractivity contribution >= 4 is 17.8 Å². The molecule has 1 N–H and O–H groups in total. The Balaban J connectivity index is 1.46. The molecule has 248 valence electrons. The van der Waals surface area contributed by atoms with Crippen LogP contribution in [0.15, 0.2) is 12.2 Å². The molecule has 1 unspecified atom stereocenters. The van der Waals surface area contributed by atoms with E-state index in [-0.39, 0.29) is 36.9 Å². The molecule has 0 saturated carbocycles. The largest absolute Gasteiger partial charge is 0.462 e. The number of amides is 2. The number of esters is 1. The maximum atomic E-state index is 12.7. The van der Waals surface area contributed by atoms with Crippen molar-refractivity contribution < 1.29 is 28.6 Å². The first-order chi connectivity index (χ1) is 20.5. The Morgan fingerprint density at radius 3 is 2.05 bits per heavy atom. The average molecular weight is 607 g/mol. The SMILES string of the molecule is CCCCCCCCC=CCCCCCCCC(=O)N1CCC(OC(=O)CCNC(=O)C2OC(C)(C)OCC2(C)C)CC1. The molecule has 43 heavy (non-hydrogen) atoms. The third-order valence-corrected chi connectivity index (χ3v) is 8.51. The van der Waals surface area contributed by atoms with Crippen molar-refractivity contribution in [2.24, 2.45) is 5.41 Å². The number of nitrogens with zero attached hydrogens (tertiary/aromatic N) is 1. The molecule has 0 aromatic carbocycles. The molecule has 0 aromatic rings. The van der Waals surface area contributed by atoms with Gasteiger partial charge in [0.15, 0.2) is 5.79 Å². The second-order valence-electron chi connectivity index (χ2n) is 13.6. The molecular weight excluding hydrogens is 544 g/mol. The molecule has 2 heterocycles. The Bertz CT molecular complexity index is 847. The molecule has 2 aliphatic rings. The maximum Gasteiger partial charge on any atom is 0.307 e. The third kappa shape index (κ3) is 15.6. The normalized spacial score (nSPS) is 20.3. The van der Waals surface area contributed by atoms with Gasteiger partial charge in [-0.1, -0.05) is 84.3 Å². The van der Waals surface area contributed by atoms with E-state index >= 15 is 0 Å². The summed E-state index contributed by atoms with van der Waals surface area (Å²) in [4.78, 5) is 39.6. The fraction of sp³-hybridized carbons (Fsp3) is 0.857. The van der Waals surface area contributed by atoms with Crippen LogP contribution in [0.1, 0.15) is 144 Å². The predicted octanol–water partition coefficient (Wildman–Crippen LogP) is 7.24. The van der Waals surface area contributed by atoms with E-state index in [0.29, 0.717) is 39.0 Å². The molecule has 0 aromatic heterocycles. The van der Waals surface area contributed by atoms with Crippen LogP contribution < -0.4 is 5.32 Å². The third-order valence-electron chi connectivity index (χ3n) is 8.51. The molecule has 1 atom stereocenters. The highest BCUT2D eigenvalue weighted by atomic mass is 16.7. The van der Waals surface area contributed by atoms with Crippen molar-refractivity contribution in [2.75, 3.05) is 26.2 Å². The predicted molar refractivity (Wildman–Crippen MR) is 171 cm³/mol. The molecule has 2 fully saturated rings. The molecule has 0 radical (unpaired) electrons.